The van der Waals surface area contributed by atoms with Crippen LogP contribution in [0.15, 0.2) is 53.5 Å². The highest BCUT2D eigenvalue weighted by Gasteiger charge is 2.17. The molecule has 1 amide bonds. The molecule has 134 valence electrons. The molecule has 1 aliphatic rings. The molecule has 0 spiro atoms. The maximum Gasteiger partial charge on any atom is 0.280 e. The number of carbonyl (C=O) groups excluding carboxylic acids is 1. The Morgan fingerprint density at radius 3 is 2.50 bits per heavy atom. The molecule has 1 aliphatic carbocycles. The number of carbonyl (C=O) groups is 1. The summed E-state index contributed by atoms with van der Waals surface area (Å²) >= 11 is 0. The zero-order chi connectivity index (χ0) is 18.7. The first kappa shape index (κ1) is 17.9. The third kappa shape index (κ3) is 4.00. The van der Waals surface area contributed by atoms with Crippen LogP contribution in [0.5, 0.6) is 0 Å². The van der Waals surface area contributed by atoms with Crippen molar-refractivity contribution in [3.63, 3.8) is 0 Å². The number of hydrogen-bond acceptors (Lipinski definition) is 2. The molecule has 0 saturated carbocycles. The van der Waals surface area contributed by atoms with Crippen molar-refractivity contribution in [3.8, 4) is 0 Å². The zero-order valence-corrected chi connectivity index (χ0v) is 15.2. The van der Waals surface area contributed by atoms with Gasteiger partial charge in [0.2, 0.25) is 0 Å². The second-order valence-corrected chi connectivity index (χ2v) is 6.80. The largest absolute Gasteiger partial charge is 0.370 e. The van der Waals surface area contributed by atoms with Gasteiger partial charge in [-0.05, 0) is 66.9 Å². The predicted molar refractivity (Wildman–Crippen MR) is 106 cm³/mol. The molecule has 0 fully saturated rings. The van der Waals surface area contributed by atoms with Crippen LogP contribution in [0.2, 0.25) is 0 Å². The fourth-order valence-corrected chi connectivity index (χ4v) is 3.27. The van der Waals surface area contributed by atoms with Gasteiger partial charge in [-0.2, -0.15) is 4.99 Å². The van der Waals surface area contributed by atoms with E-state index in [1.54, 1.807) is 6.07 Å². The molecule has 0 atom stereocenters. The van der Waals surface area contributed by atoms with E-state index in [0.29, 0.717) is 5.56 Å². The molecule has 5 heteroatoms. The summed E-state index contributed by atoms with van der Waals surface area (Å²) in [5, 5.41) is 0. The minimum Gasteiger partial charge on any atom is -0.370 e. The van der Waals surface area contributed by atoms with E-state index in [1.165, 1.54) is 11.1 Å². The minimum atomic E-state index is -0.418. The van der Waals surface area contributed by atoms with Crippen LogP contribution in [-0.2, 0) is 13.0 Å². The number of amides is 1. The Balaban J connectivity index is 1.95. The van der Waals surface area contributed by atoms with Crippen molar-refractivity contribution in [2.75, 3.05) is 14.1 Å². The van der Waals surface area contributed by atoms with Gasteiger partial charge in [0.25, 0.3) is 5.91 Å². The lowest BCUT2D eigenvalue weighted by atomic mass is 9.85. The fourth-order valence-electron chi connectivity index (χ4n) is 3.27. The summed E-state index contributed by atoms with van der Waals surface area (Å²) in [4.78, 5) is 17.9. The zero-order valence-electron chi connectivity index (χ0n) is 15.2. The molecule has 0 heterocycles. The number of hydrogen-bond donors (Lipinski definition) is 2. The van der Waals surface area contributed by atoms with E-state index in [0.717, 1.165) is 36.1 Å². The van der Waals surface area contributed by atoms with Crippen LogP contribution in [-0.4, -0.2) is 30.9 Å². The molecule has 4 N–H and O–H groups in total. The molecule has 0 radical (unpaired) electrons. The number of benzene rings is 2. The summed E-state index contributed by atoms with van der Waals surface area (Å²) in [6.07, 6.45) is 4.19. The topological polar surface area (TPSA) is 84.7 Å². The van der Waals surface area contributed by atoms with Gasteiger partial charge >= 0.3 is 0 Å². The average Bonchev–Trinajstić information content (AvgIpc) is 2.60. The third-order valence-corrected chi connectivity index (χ3v) is 4.40. The predicted octanol–water partition coefficient (Wildman–Crippen LogP) is 2.54. The third-order valence-electron chi connectivity index (χ3n) is 4.40. The number of rotatable bonds is 4. The Morgan fingerprint density at radius 2 is 1.85 bits per heavy atom. The number of fused-ring (bicyclic) bond motifs is 1. The number of nitrogens with two attached hydrogens (primary N) is 2. The number of aryl methyl sites for hydroxylation is 1. The van der Waals surface area contributed by atoms with Crippen molar-refractivity contribution in [3.05, 3.63) is 76.4 Å². The van der Waals surface area contributed by atoms with Crippen LogP contribution in [0, 0.1) is 0 Å². The van der Waals surface area contributed by atoms with Crippen LogP contribution in [0.1, 0.15) is 39.0 Å². The molecule has 0 bridgehead atoms. The molecule has 0 saturated heterocycles. The van der Waals surface area contributed by atoms with Crippen molar-refractivity contribution in [2.24, 2.45) is 16.5 Å². The second kappa shape index (κ2) is 7.54. The Morgan fingerprint density at radius 1 is 1.12 bits per heavy atom. The summed E-state index contributed by atoms with van der Waals surface area (Å²) in [6.45, 7) is 0.910. The summed E-state index contributed by atoms with van der Waals surface area (Å²) in [6, 6.07) is 14.3. The first-order chi connectivity index (χ1) is 12.4. The molecule has 0 aliphatic heterocycles. The maximum absolute atomic E-state index is 12.2. The van der Waals surface area contributed by atoms with Crippen LogP contribution >= 0.6 is 0 Å². The van der Waals surface area contributed by atoms with Crippen LogP contribution in [0.25, 0.3) is 5.57 Å². The molecule has 0 aromatic heterocycles. The van der Waals surface area contributed by atoms with E-state index >= 15 is 0 Å². The Bertz CT molecular complexity index is 875. The monoisotopic (exact) mass is 348 g/mol. The lowest BCUT2D eigenvalue weighted by Gasteiger charge is -2.19. The van der Waals surface area contributed by atoms with E-state index < -0.39 is 5.91 Å². The highest BCUT2D eigenvalue weighted by atomic mass is 16.1. The number of aliphatic imine (C=N–C) groups is 1. The molecule has 26 heavy (non-hydrogen) atoms. The van der Waals surface area contributed by atoms with Crippen LogP contribution < -0.4 is 11.5 Å². The first-order valence-corrected chi connectivity index (χ1v) is 8.65. The average molecular weight is 348 g/mol. The second-order valence-electron chi connectivity index (χ2n) is 6.80. The summed E-state index contributed by atoms with van der Waals surface area (Å²) in [5.41, 5.74) is 17.0. The SMILES string of the molecule is CN(C)Cc1ccc(C2=CCCc3ccc(C(=O)N=C(N)N)cc32)cc1. The fraction of sp³-hybridized carbons (Fsp3) is 0.238. The quantitative estimate of drug-likeness (QED) is 0.657. The standard InChI is InChI=1S/C21H24N4O/c1-25(2)13-14-6-8-16(9-7-14)18-5-3-4-15-10-11-17(12-19(15)18)20(26)24-21(22)23/h5-12H,3-4,13H2,1-2H3,(H4,22,23,24,26). The highest BCUT2D eigenvalue weighted by Crippen LogP contribution is 2.32. The Labute approximate surface area is 154 Å². The van der Waals surface area contributed by atoms with E-state index in [9.17, 15) is 4.79 Å². The van der Waals surface area contributed by atoms with Crippen LogP contribution in [0.4, 0.5) is 0 Å². The van der Waals surface area contributed by atoms with Crippen LogP contribution in [0.3, 0.4) is 0 Å². The van der Waals surface area contributed by atoms with Gasteiger partial charge in [-0.3, -0.25) is 4.79 Å². The van der Waals surface area contributed by atoms with Crippen molar-refractivity contribution in [2.45, 2.75) is 19.4 Å². The lowest BCUT2D eigenvalue weighted by molar-refractivity contribution is 0.100. The van der Waals surface area contributed by atoms with Crippen molar-refractivity contribution in [1.29, 1.82) is 0 Å². The summed E-state index contributed by atoms with van der Waals surface area (Å²) in [5.74, 6) is -0.640. The Hall–Kier alpha value is -2.92. The van der Waals surface area contributed by atoms with Crippen molar-refractivity contribution >= 4 is 17.4 Å². The van der Waals surface area contributed by atoms with Crippen molar-refractivity contribution in [1.82, 2.24) is 4.90 Å². The molecule has 5 nitrogen and oxygen atoms in total. The van der Waals surface area contributed by atoms with E-state index in [2.05, 4.69) is 54.3 Å². The summed E-state index contributed by atoms with van der Waals surface area (Å²) < 4.78 is 0. The molecule has 3 rings (SSSR count). The van der Waals surface area contributed by atoms with E-state index in [4.69, 9.17) is 11.5 Å². The first-order valence-electron chi connectivity index (χ1n) is 8.65. The molecular formula is C21H24N4O. The molecule has 2 aromatic carbocycles. The molecule has 0 unspecified atom stereocenters. The van der Waals surface area contributed by atoms with Gasteiger partial charge in [-0.25, -0.2) is 0 Å². The van der Waals surface area contributed by atoms with Crippen molar-refractivity contribution < 1.29 is 4.79 Å². The maximum atomic E-state index is 12.2. The smallest absolute Gasteiger partial charge is 0.280 e. The summed E-state index contributed by atoms with van der Waals surface area (Å²) in [7, 11) is 4.12. The number of nitrogens with zero attached hydrogens (tertiary/aromatic N) is 2. The number of guanidine groups is 1. The van der Waals surface area contributed by atoms with E-state index in [1.807, 2.05) is 12.1 Å². The molecular weight excluding hydrogens is 324 g/mol. The van der Waals surface area contributed by atoms with Gasteiger partial charge in [0.1, 0.15) is 0 Å². The van der Waals surface area contributed by atoms with Gasteiger partial charge in [-0.15, -0.1) is 0 Å². The van der Waals surface area contributed by atoms with Gasteiger partial charge in [0.05, 0.1) is 0 Å². The number of allylic oxidation sites excluding steroid dienone is 1. The van der Waals surface area contributed by atoms with Gasteiger partial charge in [0, 0.05) is 12.1 Å². The van der Waals surface area contributed by atoms with Gasteiger partial charge < -0.3 is 16.4 Å². The Kier molecular flexibility index (Phi) is 5.19. The lowest BCUT2D eigenvalue weighted by Crippen LogP contribution is -2.24. The van der Waals surface area contributed by atoms with Gasteiger partial charge in [0.15, 0.2) is 5.96 Å². The minimum absolute atomic E-state index is 0.222. The molecule has 2 aromatic rings. The highest BCUT2D eigenvalue weighted by molar-refractivity contribution is 6.02. The normalized spacial score (nSPS) is 13.1. The van der Waals surface area contributed by atoms with Gasteiger partial charge in [-0.1, -0.05) is 36.4 Å². The van der Waals surface area contributed by atoms with E-state index in [-0.39, 0.29) is 5.96 Å².